The molecule has 0 atom stereocenters. The molecule has 42 heavy (non-hydrogen) atoms. The van der Waals surface area contributed by atoms with E-state index in [0.717, 1.165) is 10.9 Å². The Balaban J connectivity index is 1.74. The molecule has 3 aromatic heterocycles. The average Bonchev–Trinajstić information content (AvgIpc) is 3.30. The molecule has 3 heteroatoms. The van der Waals surface area contributed by atoms with Gasteiger partial charge in [-0.1, -0.05) is 71.9 Å². The van der Waals surface area contributed by atoms with Gasteiger partial charge >= 0.3 is 0 Å². The van der Waals surface area contributed by atoms with E-state index in [4.69, 9.17) is 6.57 Å². The Labute approximate surface area is 248 Å². The first-order chi connectivity index (χ1) is 20.1. The van der Waals surface area contributed by atoms with Crippen LogP contribution in [0, 0.1) is 13.5 Å². The first kappa shape index (κ1) is 26.5. The number of fused-ring (bicyclic) bond motifs is 5. The molecule has 0 saturated carbocycles. The molecule has 0 spiro atoms. The van der Waals surface area contributed by atoms with Gasteiger partial charge in [0.05, 0.1) is 33.9 Å². The van der Waals surface area contributed by atoms with Crippen molar-refractivity contribution in [3.63, 3.8) is 0 Å². The summed E-state index contributed by atoms with van der Waals surface area (Å²) in [5.41, 5.74) is 13.8. The molecule has 0 fully saturated rings. The van der Waals surface area contributed by atoms with E-state index < -0.39 is 0 Å². The highest BCUT2D eigenvalue weighted by atomic mass is 15.0. The highest BCUT2D eigenvalue weighted by Crippen LogP contribution is 2.45. The van der Waals surface area contributed by atoms with Gasteiger partial charge in [-0.15, -0.1) is 0 Å². The lowest BCUT2D eigenvalue weighted by Crippen LogP contribution is -2.28. The van der Waals surface area contributed by atoms with Crippen molar-refractivity contribution in [1.29, 1.82) is 0 Å². The zero-order valence-electron chi connectivity index (χ0n) is 25.9. The van der Waals surface area contributed by atoms with Gasteiger partial charge in [-0.25, -0.2) is 9.41 Å². The minimum atomic E-state index is 0.405. The predicted octanol–water partition coefficient (Wildman–Crippen LogP) is 10.7. The minimum Gasteiger partial charge on any atom is -0.308 e. The van der Waals surface area contributed by atoms with Crippen LogP contribution in [0.25, 0.3) is 65.0 Å². The molecule has 3 heterocycles. The maximum Gasteiger partial charge on any atom is 0.224 e. The summed E-state index contributed by atoms with van der Waals surface area (Å²) in [7, 11) is 2.17. The summed E-state index contributed by atoms with van der Waals surface area (Å²) in [6.45, 7) is 23.8. The maximum atomic E-state index is 7.68. The number of benzene rings is 4. The highest BCUT2D eigenvalue weighted by molar-refractivity contribution is 6.26. The number of pyridine rings is 2. The molecule has 0 aliphatic rings. The summed E-state index contributed by atoms with van der Waals surface area (Å²) in [4.78, 5) is 3.77. The summed E-state index contributed by atoms with van der Waals surface area (Å²) >= 11 is 0. The van der Waals surface area contributed by atoms with Gasteiger partial charge in [0.25, 0.3) is 0 Å². The molecule has 0 aliphatic heterocycles. The number of hydrogen-bond acceptors (Lipinski definition) is 0. The van der Waals surface area contributed by atoms with Crippen molar-refractivity contribution in [3.8, 4) is 11.1 Å². The average molecular weight is 549 g/mol. The van der Waals surface area contributed by atoms with Gasteiger partial charge in [-0.2, -0.15) is 0 Å². The number of aromatic nitrogens is 2. The van der Waals surface area contributed by atoms with Gasteiger partial charge in [-0.05, 0) is 93.1 Å². The number of nitrogens with zero attached hydrogens (tertiary/aromatic N) is 3. The minimum absolute atomic E-state index is 0.405. The standard InChI is InChI=1S/C39H38N3/c1-21(2)26-17-30(22(3)4)36(31(18-26)23(5)6)27-16-25-14-15-41(9)39-35-24(7)10-12-29-32-20-28(40-8)11-13-33(32)42(38(29)35)34(19-27)37(25)39/h10-23H,1-7,9H3/q+1. The van der Waals surface area contributed by atoms with Crippen LogP contribution < -0.4 is 4.57 Å². The molecule has 0 aliphatic carbocycles. The van der Waals surface area contributed by atoms with Crippen molar-refractivity contribution in [1.82, 2.24) is 4.40 Å². The van der Waals surface area contributed by atoms with Crippen LogP contribution in [0.5, 0.6) is 0 Å². The molecule has 0 saturated heterocycles. The summed E-state index contributed by atoms with van der Waals surface area (Å²) in [5, 5.41) is 6.18. The Morgan fingerprint density at radius 3 is 2.10 bits per heavy atom. The topological polar surface area (TPSA) is 12.6 Å². The number of rotatable bonds is 4. The SMILES string of the molecule is [C-]#[N+]c1ccc2c(c1)c1ccc(C)c3c1n2c1cc(-c2c(C(C)C)cc(C(C)C)cc2C(C)C)cc2cc[n+](C)c3c21. The van der Waals surface area contributed by atoms with E-state index in [1.807, 2.05) is 6.07 Å². The summed E-state index contributed by atoms with van der Waals surface area (Å²) < 4.78 is 4.77. The molecule has 0 radical (unpaired) electrons. The predicted molar refractivity (Wildman–Crippen MR) is 178 cm³/mol. The Bertz CT molecular complexity index is 2220. The maximum absolute atomic E-state index is 7.68. The smallest absolute Gasteiger partial charge is 0.224 e. The van der Waals surface area contributed by atoms with Crippen LogP contribution in [0.3, 0.4) is 0 Å². The number of hydrogen-bond donors (Lipinski definition) is 0. The third-order valence-corrected chi connectivity index (χ3v) is 9.36. The van der Waals surface area contributed by atoms with Crippen molar-refractivity contribution in [2.75, 3.05) is 0 Å². The second-order valence-electron chi connectivity index (χ2n) is 13.1. The molecule has 3 nitrogen and oxygen atoms in total. The fourth-order valence-corrected chi connectivity index (χ4v) is 7.21. The lowest BCUT2D eigenvalue weighted by atomic mass is 9.81. The van der Waals surface area contributed by atoms with Crippen molar-refractivity contribution >= 4 is 54.7 Å². The molecule has 0 unspecified atom stereocenters. The van der Waals surface area contributed by atoms with E-state index >= 15 is 0 Å². The van der Waals surface area contributed by atoms with Crippen LogP contribution in [0.2, 0.25) is 0 Å². The van der Waals surface area contributed by atoms with E-state index in [1.54, 1.807) is 0 Å². The van der Waals surface area contributed by atoms with E-state index in [0.29, 0.717) is 23.4 Å². The second kappa shape index (κ2) is 9.30. The molecule has 0 amide bonds. The van der Waals surface area contributed by atoms with Gasteiger partial charge in [0.15, 0.2) is 11.9 Å². The Hall–Kier alpha value is -4.42. The fourth-order valence-electron chi connectivity index (χ4n) is 7.21. The van der Waals surface area contributed by atoms with Crippen LogP contribution in [0.4, 0.5) is 5.69 Å². The summed E-state index contributed by atoms with van der Waals surface area (Å²) in [5.74, 6) is 1.29. The molecule has 4 aromatic carbocycles. The molecular weight excluding hydrogens is 510 g/mol. The van der Waals surface area contributed by atoms with Gasteiger partial charge in [0, 0.05) is 11.5 Å². The number of aryl methyl sites for hydroxylation is 2. The van der Waals surface area contributed by atoms with Crippen LogP contribution in [-0.4, -0.2) is 4.40 Å². The van der Waals surface area contributed by atoms with Crippen molar-refractivity contribution < 1.29 is 4.57 Å². The normalized spacial score (nSPS) is 12.4. The van der Waals surface area contributed by atoms with Crippen molar-refractivity contribution in [2.45, 2.75) is 66.2 Å². The quantitative estimate of drug-likeness (QED) is 0.0898. The van der Waals surface area contributed by atoms with Gasteiger partial charge in [0.2, 0.25) is 5.52 Å². The van der Waals surface area contributed by atoms with Crippen molar-refractivity contribution in [2.24, 2.45) is 7.05 Å². The Morgan fingerprint density at radius 1 is 0.738 bits per heavy atom. The second-order valence-corrected chi connectivity index (χ2v) is 13.1. The van der Waals surface area contributed by atoms with Crippen LogP contribution in [-0.2, 0) is 7.05 Å². The first-order valence-electron chi connectivity index (χ1n) is 15.2. The van der Waals surface area contributed by atoms with E-state index in [9.17, 15) is 0 Å². The largest absolute Gasteiger partial charge is 0.308 e. The Kier molecular flexibility index (Phi) is 5.86. The summed E-state index contributed by atoms with van der Waals surface area (Å²) in [6, 6.07) is 22.7. The third-order valence-electron chi connectivity index (χ3n) is 9.36. The van der Waals surface area contributed by atoms with E-state index in [1.165, 1.54) is 71.5 Å². The summed E-state index contributed by atoms with van der Waals surface area (Å²) in [6.07, 6.45) is 2.22. The van der Waals surface area contributed by atoms with Crippen molar-refractivity contribution in [3.05, 3.63) is 101 Å². The lowest BCUT2D eigenvalue weighted by Gasteiger charge is -2.24. The molecule has 0 bridgehead atoms. The monoisotopic (exact) mass is 548 g/mol. The fraction of sp³-hybridized carbons (Fsp3) is 0.282. The lowest BCUT2D eigenvalue weighted by molar-refractivity contribution is -0.643. The highest BCUT2D eigenvalue weighted by Gasteiger charge is 2.26. The molecule has 7 rings (SSSR count). The molecular formula is C39H38N3+. The van der Waals surface area contributed by atoms with Crippen LogP contribution in [0.1, 0.15) is 81.5 Å². The molecule has 0 N–H and O–H groups in total. The van der Waals surface area contributed by atoms with E-state index in [-0.39, 0.29) is 0 Å². The Morgan fingerprint density at radius 2 is 1.45 bits per heavy atom. The van der Waals surface area contributed by atoms with E-state index in [2.05, 4.69) is 130 Å². The van der Waals surface area contributed by atoms with Gasteiger partial charge in [0.1, 0.15) is 7.05 Å². The van der Waals surface area contributed by atoms with Crippen LogP contribution in [0.15, 0.2) is 66.9 Å². The van der Waals surface area contributed by atoms with Gasteiger partial charge < -0.3 is 4.40 Å². The third kappa shape index (κ3) is 3.61. The first-order valence-corrected chi connectivity index (χ1v) is 15.2. The molecule has 7 aromatic rings. The van der Waals surface area contributed by atoms with Gasteiger partial charge in [-0.3, -0.25) is 0 Å². The van der Waals surface area contributed by atoms with Crippen LogP contribution >= 0.6 is 0 Å². The zero-order chi connectivity index (χ0) is 29.6. The molecule has 208 valence electrons. The zero-order valence-corrected chi connectivity index (χ0v) is 25.9.